The van der Waals surface area contributed by atoms with E-state index in [-0.39, 0.29) is 23.1 Å². The summed E-state index contributed by atoms with van der Waals surface area (Å²) in [5.41, 5.74) is -0.0111. The molecule has 3 rings (SSSR count). The molecule has 0 aliphatic heterocycles. The highest BCUT2D eigenvalue weighted by molar-refractivity contribution is 7.99. The molecule has 1 aromatic heterocycles. The summed E-state index contributed by atoms with van der Waals surface area (Å²) in [6, 6.07) is 10.3. The molecule has 0 atom stereocenters. The Bertz CT molecular complexity index is 1090. The van der Waals surface area contributed by atoms with E-state index in [1.807, 2.05) is 31.2 Å². The Kier molecular flexibility index (Phi) is 7.11. The zero-order chi connectivity index (χ0) is 22.6. The minimum atomic E-state index is -4.53. The quantitative estimate of drug-likeness (QED) is 0.486. The number of amides is 1. The first-order valence-corrected chi connectivity index (χ1v) is 10.4. The van der Waals surface area contributed by atoms with Crippen LogP contribution in [-0.2, 0) is 24.6 Å². The van der Waals surface area contributed by atoms with Gasteiger partial charge >= 0.3 is 6.18 Å². The summed E-state index contributed by atoms with van der Waals surface area (Å²) in [6.07, 6.45) is -4.53. The second-order valence-corrected chi connectivity index (χ2v) is 7.89. The fourth-order valence-corrected chi connectivity index (χ4v) is 3.47. The number of nitrogens with zero attached hydrogens (tertiary/aromatic N) is 3. The van der Waals surface area contributed by atoms with Crippen LogP contribution in [0.25, 0.3) is 0 Å². The molecular formula is C20H18ClF3N4O2S. The Hall–Kier alpha value is -2.72. The van der Waals surface area contributed by atoms with Crippen molar-refractivity contribution in [1.29, 1.82) is 0 Å². The van der Waals surface area contributed by atoms with Crippen LogP contribution in [0.4, 0.5) is 18.9 Å². The van der Waals surface area contributed by atoms with Gasteiger partial charge in [-0.3, -0.25) is 4.79 Å². The Labute approximate surface area is 185 Å². The first-order chi connectivity index (χ1) is 14.6. The average molecular weight is 471 g/mol. The van der Waals surface area contributed by atoms with E-state index in [9.17, 15) is 18.0 Å². The van der Waals surface area contributed by atoms with Gasteiger partial charge in [0.05, 0.1) is 22.0 Å². The van der Waals surface area contributed by atoms with Crippen LogP contribution in [0.15, 0.2) is 47.6 Å². The molecule has 31 heavy (non-hydrogen) atoms. The van der Waals surface area contributed by atoms with Crippen molar-refractivity contribution in [1.82, 2.24) is 14.8 Å². The van der Waals surface area contributed by atoms with E-state index in [2.05, 4.69) is 15.5 Å². The number of benzene rings is 2. The molecule has 0 saturated heterocycles. The summed E-state index contributed by atoms with van der Waals surface area (Å²) < 4.78 is 46.0. The van der Waals surface area contributed by atoms with Gasteiger partial charge in [0.1, 0.15) is 12.4 Å². The number of nitrogens with one attached hydrogen (secondary N) is 1. The van der Waals surface area contributed by atoms with Gasteiger partial charge in [-0.05, 0) is 36.8 Å². The molecule has 1 amide bonds. The minimum Gasteiger partial charge on any atom is -0.485 e. The zero-order valence-electron chi connectivity index (χ0n) is 16.5. The maximum Gasteiger partial charge on any atom is 0.416 e. The zero-order valence-corrected chi connectivity index (χ0v) is 18.1. The number of halogens is 4. The average Bonchev–Trinajstić information content (AvgIpc) is 3.06. The van der Waals surface area contributed by atoms with E-state index < -0.39 is 17.6 Å². The molecule has 1 heterocycles. The smallest absolute Gasteiger partial charge is 0.416 e. The van der Waals surface area contributed by atoms with Crippen molar-refractivity contribution in [3.8, 4) is 5.75 Å². The summed E-state index contributed by atoms with van der Waals surface area (Å²) in [5.74, 6) is 0.688. The number of hydrogen-bond donors (Lipinski definition) is 1. The lowest BCUT2D eigenvalue weighted by molar-refractivity contribution is -0.137. The lowest BCUT2D eigenvalue weighted by Gasteiger charge is -2.11. The first kappa shape index (κ1) is 23.0. The third kappa shape index (κ3) is 5.92. The molecule has 1 N–H and O–H groups in total. The highest BCUT2D eigenvalue weighted by Gasteiger charge is 2.31. The van der Waals surface area contributed by atoms with E-state index in [1.54, 1.807) is 11.6 Å². The summed E-state index contributed by atoms with van der Waals surface area (Å²) in [4.78, 5) is 12.2. The van der Waals surface area contributed by atoms with Gasteiger partial charge in [0.2, 0.25) is 5.91 Å². The second kappa shape index (κ2) is 9.61. The molecule has 0 spiro atoms. The number of aromatic nitrogens is 3. The van der Waals surface area contributed by atoms with Crippen LogP contribution in [0.2, 0.25) is 5.02 Å². The maximum absolute atomic E-state index is 12.9. The summed E-state index contributed by atoms with van der Waals surface area (Å²) >= 11 is 7.00. The van der Waals surface area contributed by atoms with Gasteiger partial charge in [-0.1, -0.05) is 41.6 Å². The van der Waals surface area contributed by atoms with Crippen molar-refractivity contribution in [2.24, 2.45) is 7.05 Å². The number of hydrogen-bond acceptors (Lipinski definition) is 5. The van der Waals surface area contributed by atoms with Gasteiger partial charge in [-0.25, -0.2) is 0 Å². The lowest BCUT2D eigenvalue weighted by atomic mass is 10.2. The number of thioether (sulfide) groups is 1. The van der Waals surface area contributed by atoms with Gasteiger partial charge < -0.3 is 14.6 Å². The Morgan fingerprint density at radius 3 is 2.68 bits per heavy atom. The van der Waals surface area contributed by atoms with Crippen molar-refractivity contribution in [2.75, 3.05) is 11.1 Å². The van der Waals surface area contributed by atoms with Crippen molar-refractivity contribution in [2.45, 2.75) is 24.9 Å². The molecule has 3 aromatic rings. The van der Waals surface area contributed by atoms with Crippen LogP contribution in [-0.4, -0.2) is 26.4 Å². The molecule has 0 unspecified atom stereocenters. The monoisotopic (exact) mass is 470 g/mol. The maximum atomic E-state index is 12.9. The molecule has 0 aliphatic rings. The highest BCUT2D eigenvalue weighted by atomic mass is 35.5. The van der Waals surface area contributed by atoms with Gasteiger partial charge in [0.15, 0.2) is 11.0 Å². The van der Waals surface area contributed by atoms with Gasteiger partial charge in [-0.15, -0.1) is 10.2 Å². The summed E-state index contributed by atoms with van der Waals surface area (Å²) in [6.45, 7) is 2.13. The summed E-state index contributed by atoms with van der Waals surface area (Å²) in [7, 11) is 1.74. The van der Waals surface area contributed by atoms with Crippen molar-refractivity contribution >= 4 is 35.0 Å². The number of anilines is 1. The highest BCUT2D eigenvalue weighted by Crippen LogP contribution is 2.34. The number of aryl methyl sites for hydroxylation is 1. The van der Waals surface area contributed by atoms with Gasteiger partial charge in [-0.2, -0.15) is 13.2 Å². The molecule has 0 radical (unpaired) electrons. The molecule has 0 aliphatic carbocycles. The number of alkyl halides is 3. The van der Waals surface area contributed by atoms with Crippen LogP contribution in [0.3, 0.4) is 0 Å². The topological polar surface area (TPSA) is 69.0 Å². The normalized spacial score (nSPS) is 11.4. The van der Waals surface area contributed by atoms with E-state index in [0.717, 1.165) is 41.3 Å². The number of carbonyl (C=O) groups excluding carboxylic acids is 1. The SMILES string of the molecule is Cc1ccccc1OCc1nnc(SCC(=O)Nc2cc(C(F)(F)F)ccc2Cl)n1C. The van der Waals surface area contributed by atoms with Crippen LogP contribution in [0.1, 0.15) is 17.0 Å². The number of ether oxygens (including phenoxy) is 1. The van der Waals surface area contributed by atoms with E-state index in [1.165, 1.54) is 0 Å². The predicted molar refractivity (Wildman–Crippen MR) is 112 cm³/mol. The van der Waals surface area contributed by atoms with Crippen LogP contribution in [0, 0.1) is 6.92 Å². The molecular weight excluding hydrogens is 453 g/mol. The second-order valence-electron chi connectivity index (χ2n) is 6.54. The van der Waals surface area contributed by atoms with Crippen LogP contribution < -0.4 is 10.1 Å². The van der Waals surface area contributed by atoms with Crippen LogP contribution >= 0.6 is 23.4 Å². The van der Waals surface area contributed by atoms with E-state index in [4.69, 9.17) is 16.3 Å². The third-order valence-corrected chi connectivity index (χ3v) is 5.63. The molecule has 164 valence electrons. The third-order valence-electron chi connectivity index (χ3n) is 4.28. The number of para-hydroxylation sites is 1. The van der Waals surface area contributed by atoms with Crippen molar-refractivity contribution in [3.63, 3.8) is 0 Å². The van der Waals surface area contributed by atoms with Crippen molar-refractivity contribution < 1.29 is 22.7 Å². The Morgan fingerprint density at radius 1 is 1.23 bits per heavy atom. The molecule has 0 bridgehead atoms. The minimum absolute atomic E-state index is 0.0145. The van der Waals surface area contributed by atoms with E-state index in [0.29, 0.717) is 11.0 Å². The van der Waals surface area contributed by atoms with Gasteiger partial charge in [0.25, 0.3) is 0 Å². The number of carbonyl (C=O) groups is 1. The van der Waals surface area contributed by atoms with E-state index >= 15 is 0 Å². The molecule has 0 fully saturated rings. The van der Waals surface area contributed by atoms with Crippen LogP contribution in [0.5, 0.6) is 5.75 Å². The standard InChI is InChI=1S/C20H18ClF3N4O2S/c1-12-5-3-4-6-16(12)30-10-17-26-27-19(28(17)2)31-11-18(29)25-15-9-13(20(22,23)24)7-8-14(15)21/h3-9H,10-11H2,1-2H3,(H,25,29). The molecule has 0 saturated carbocycles. The Balaban J connectivity index is 1.58. The molecule has 6 nitrogen and oxygen atoms in total. The number of rotatable bonds is 7. The largest absolute Gasteiger partial charge is 0.485 e. The van der Waals surface area contributed by atoms with Gasteiger partial charge in [0, 0.05) is 7.05 Å². The predicted octanol–water partition coefficient (Wildman–Crippen LogP) is 5.11. The Morgan fingerprint density at radius 2 is 1.97 bits per heavy atom. The lowest BCUT2D eigenvalue weighted by Crippen LogP contribution is -2.16. The summed E-state index contributed by atoms with van der Waals surface area (Å²) in [5, 5.41) is 11.0. The fourth-order valence-electron chi connectivity index (χ4n) is 2.57. The molecule has 2 aromatic carbocycles. The first-order valence-electron chi connectivity index (χ1n) is 9.01. The van der Waals surface area contributed by atoms with Crippen molar-refractivity contribution in [3.05, 3.63) is 64.4 Å². The fraction of sp³-hybridized carbons (Fsp3) is 0.250. The molecule has 11 heteroatoms.